The van der Waals surface area contributed by atoms with Crippen LogP contribution in [0, 0.1) is 5.92 Å². The van der Waals surface area contributed by atoms with E-state index in [0.717, 1.165) is 6.54 Å². The van der Waals surface area contributed by atoms with E-state index >= 15 is 0 Å². The summed E-state index contributed by atoms with van der Waals surface area (Å²) in [5, 5.41) is 0. The van der Waals surface area contributed by atoms with Gasteiger partial charge in [0.15, 0.2) is 0 Å². The van der Waals surface area contributed by atoms with Crippen LogP contribution in [0.25, 0.3) is 0 Å². The third-order valence-corrected chi connectivity index (χ3v) is 5.27. The first-order valence-electron chi connectivity index (χ1n) is 7.35. The van der Waals surface area contributed by atoms with E-state index in [1.54, 1.807) is 11.3 Å². The van der Waals surface area contributed by atoms with Gasteiger partial charge in [0.2, 0.25) is 5.91 Å². The molecule has 2 unspecified atom stereocenters. The number of likely N-dealkylation sites (tertiary alicyclic amines) is 1. The van der Waals surface area contributed by atoms with Gasteiger partial charge in [-0.2, -0.15) is 0 Å². The Morgan fingerprint density at radius 1 is 1.40 bits per heavy atom. The Balaban J connectivity index is 2.28. The summed E-state index contributed by atoms with van der Waals surface area (Å²) in [6.45, 7) is 11.7. The van der Waals surface area contributed by atoms with Crippen molar-refractivity contribution >= 4 is 17.2 Å². The Morgan fingerprint density at radius 3 is 2.55 bits per heavy atom. The zero-order valence-electron chi connectivity index (χ0n) is 13.1. The van der Waals surface area contributed by atoms with Crippen LogP contribution in [0.5, 0.6) is 0 Å². The average Bonchev–Trinajstić information content (AvgIpc) is 2.84. The fourth-order valence-electron chi connectivity index (χ4n) is 2.71. The molecule has 20 heavy (non-hydrogen) atoms. The standard InChI is InChI=1S/C16H26N2OS/c1-10(2)9-18-14(19)8-11(17)15(18)12-6-7-13(20-12)16(3,4)5/h6-7,10-11,15H,8-9,17H2,1-5H3. The molecule has 2 N–H and O–H groups in total. The minimum Gasteiger partial charge on any atom is -0.333 e. The van der Waals surface area contributed by atoms with E-state index in [1.807, 2.05) is 4.90 Å². The van der Waals surface area contributed by atoms with Gasteiger partial charge in [0.05, 0.1) is 6.04 Å². The zero-order valence-corrected chi connectivity index (χ0v) is 14.0. The molecule has 3 nitrogen and oxygen atoms in total. The van der Waals surface area contributed by atoms with Crippen LogP contribution >= 0.6 is 11.3 Å². The average molecular weight is 294 g/mol. The highest BCUT2D eigenvalue weighted by molar-refractivity contribution is 7.12. The first kappa shape index (κ1) is 15.5. The van der Waals surface area contributed by atoms with Gasteiger partial charge in [-0.3, -0.25) is 4.79 Å². The molecule has 0 radical (unpaired) electrons. The van der Waals surface area contributed by atoms with Crippen LogP contribution in [-0.2, 0) is 10.2 Å². The molecular formula is C16H26N2OS. The molecule has 4 heteroatoms. The minimum atomic E-state index is -0.0762. The van der Waals surface area contributed by atoms with Crippen molar-refractivity contribution in [1.29, 1.82) is 0 Å². The summed E-state index contributed by atoms with van der Waals surface area (Å²) < 4.78 is 0. The summed E-state index contributed by atoms with van der Waals surface area (Å²) in [4.78, 5) is 16.7. The fraction of sp³-hybridized carbons (Fsp3) is 0.688. The molecule has 2 heterocycles. The number of thiophene rings is 1. The second-order valence-corrected chi connectivity index (χ2v) is 8.32. The molecule has 1 aliphatic heterocycles. The molecule has 0 aromatic carbocycles. The highest BCUT2D eigenvalue weighted by Crippen LogP contribution is 2.39. The summed E-state index contributed by atoms with van der Waals surface area (Å²) in [6, 6.07) is 4.32. The lowest BCUT2D eigenvalue weighted by atomic mass is 9.95. The van der Waals surface area contributed by atoms with Gasteiger partial charge in [0.25, 0.3) is 0 Å². The third-order valence-electron chi connectivity index (χ3n) is 3.69. The first-order chi connectivity index (χ1) is 9.20. The lowest BCUT2D eigenvalue weighted by molar-refractivity contribution is -0.129. The number of amides is 1. The van der Waals surface area contributed by atoms with Crippen molar-refractivity contribution in [2.45, 2.75) is 58.5 Å². The first-order valence-corrected chi connectivity index (χ1v) is 8.17. The monoisotopic (exact) mass is 294 g/mol. The highest BCUT2D eigenvalue weighted by atomic mass is 32.1. The molecule has 1 amide bonds. The van der Waals surface area contributed by atoms with Gasteiger partial charge in [0, 0.05) is 28.8 Å². The molecule has 1 aromatic heterocycles. The molecular weight excluding hydrogens is 268 g/mol. The topological polar surface area (TPSA) is 46.3 Å². The number of nitrogens with two attached hydrogens (primary N) is 1. The van der Waals surface area contributed by atoms with Crippen molar-refractivity contribution in [3.8, 4) is 0 Å². The van der Waals surface area contributed by atoms with E-state index < -0.39 is 0 Å². The van der Waals surface area contributed by atoms with Gasteiger partial charge in [-0.1, -0.05) is 34.6 Å². The Hall–Kier alpha value is -0.870. The van der Waals surface area contributed by atoms with Crippen LogP contribution < -0.4 is 5.73 Å². The maximum atomic E-state index is 12.2. The summed E-state index contributed by atoms with van der Waals surface area (Å²) in [6.07, 6.45) is 0.472. The molecule has 1 fully saturated rings. The molecule has 0 bridgehead atoms. The predicted molar refractivity (Wildman–Crippen MR) is 84.9 cm³/mol. The van der Waals surface area contributed by atoms with Crippen molar-refractivity contribution in [3.63, 3.8) is 0 Å². The van der Waals surface area contributed by atoms with E-state index in [2.05, 4.69) is 46.8 Å². The van der Waals surface area contributed by atoms with Gasteiger partial charge in [-0.05, 0) is 23.5 Å². The quantitative estimate of drug-likeness (QED) is 0.929. The van der Waals surface area contributed by atoms with Crippen molar-refractivity contribution < 1.29 is 4.79 Å². The van der Waals surface area contributed by atoms with Crippen LogP contribution in [-0.4, -0.2) is 23.4 Å². The SMILES string of the molecule is CC(C)CN1C(=O)CC(N)C1c1ccc(C(C)(C)C)s1. The van der Waals surface area contributed by atoms with Crippen molar-refractivity contribution in [2.24, 2.45) is 11.7 Å². The minimum absolute atomic E-state index is 0.0611. The molecule has 1 aliphatic rings. The van der Waals surface area contributed by atoms with E-state index in [9.17, 15) is 4.79 Å². The second kappa shape index (κ2) is 5.49. The molecule has 2 rings (SSSR count). The van der Waals surface area contributed by atoms with Gasteiger partial charge in [0.1, 0.15) is 0 Å². The highest BCUT2D eigenvalue weighted by Gasteiger charge is 2.39. The maximum Gasteiger partial charge on any atom is 0.224 e. The molecule has 112 valence electrons. The third kappa shape index (κ3) is 3.07. The number of nitrogens with zero attached hydrogens (tertiary/aromatic N) is 1. The molecule has 0 spiro atoms. The smallest absolute Gasteiger partial charge is 0.224 e. The van der Waals surface area contributed by atoms with E-state index in [1.165, 1.54) is 9.75 Å². The van der Waals surface area contributed by atoms with Gasteiger partial charge in [-0.25, -0.2) is 0 Å². The normalized spacial score (nSPS) is 23.9. The van der Waals surface area contributed by atoms with Crippen LogP contribution in [0.3, 0.4) is 0 Å². The van der Waals surface area contributed by atoms with E-state index in [4.69, 9.17) is 5.73 Å². The zero-order chi connectivity index (χ0) is 15.1. The number of carbonyl (C=O) groups is 1. The molecule has 1 saturated heterocycles. The molecule has 0 aliphatic carbocycles. The second-order valence-electron chi connectivity index (χ2n) is 7.20. The molecule has 0 saturated carbocycles. The number of hydrogen-bond acceptors (Lipinski definition) is 3. The Bertz CT molecular complexity index is 487. The lowest BCUT2D eigenvalue weighted by Gasteiger charge is -2.27. The van der Waals surface area contributed by atoms with Gasteiger partial charge < -0.3 is 10.6 Å². The number of rotatable bonds is 3. The summed E-state index contributed by atoms with van der Waals surface area (Å²) >= 11 is 1.80. The maximum absolute atomic E-state index is 12.2. The summed E-state index contributed by atoms with van der Waals surface area (Å²) in [5.41, 5.74) is 6.38. The van der Waals surface area contributed by atoms with Crippen LogP contribution in [0.2, 0.25) is 0 Å². The Kier molecular flexibility index (Phi) is 4.26. The van der Waals surface area contributed by atoms with Gasteiger partial charge in [-0.15, -0.1) is 11.3 Å². The molecule has 2 atom stereocenters. The fourth-order valence-corrected chi connectivity index (χ4v) is 3.96. The summed E-state index contributed by atoms with van der Waals surface area (Å²) in [7, 11) is 0. The van der Waals surface area contributed by atoms with Crippen molar-refractivity contribution in [3.05, 3.63) is 21.9 Å². The Morgan fingerprint density at radius 2 is 2.05 bits per heavy atom. The van der Waals surface area contributed by atoms with Crippen molar-refractivity contribution in [2.75, 3.05) is 6.54 Å². The Labute approximate surface area is 126 Å². The van der Waals surface area contributed by atoms with Crippen LogP contribution in [0.1, 0.15) is 56.8 Å². The van der Waals surface area contributed by atoms with Crippen molar-refractivity contribution in [1.82, 2.24) is 4.90 Å². The van der Waals surface area contributed by atoms with Gasteiger partial charge >= 0.3 is 0 Å². The van der Waals surface area contributed by atoms with E-state index in [-0.39, 0.29) is 23.4 Å². The van der Waals surface area contributed by atoms with E-state index in [0.29, 0.717) is 12.3 Å². The van der Waals surface area contributed by atoms with Crippen LogP contribution in [0.4, 0.5) is 0 Å². The number of hydrogen-bond donors (Lipinski definition) is 1. The largest absolute Gasteiger partial charge is 0.333 e. The number of carbonyl (C=O) groups excluding carboxylic acids is 1. The molecule has 1 aromatic rings. The predicted octanol–water partition coefficient (Wildman–Crippen LogP) is 3.30. The summed E-state index contributed by atoms with van der Waals surface area (Å²) in [5.74, 6) is 0.663. The van der Waals surface area contributed by atoms with Crippen LogP contribution in [0.15, 0.2) is 12.1 Å². The lowest BCUT2D eigenvalue weighted by Crippen LogP contribution is -2.34.